The molecule has 1 saturated heterocycles. The minimum Gasteiger partial charge on any atom is -0.497 e. The van der Waals surface area contributed by atoms with Gasteiger partial charge in [0.25, 0.3) is 0 Å². The van der Waals surface area contributed by atoms with E-state index in [9.17, 15) is 4.79 Å². The smallest absolute Gasteiger partial charge is 0.243 e. The predicted octanol–water partition coefficient (Wildman–Crippen LogP) is 2.83. The SMILES string of the molecule is COc1ccc(C(C)NC(=O)C2CCCN2c2cc(C)nc(-n3ccnc3)n2)cc1. The standard InChI is InChI=1S/C22H26N6O2/c1-15-13-20(26-22(24-15)27-12-10-23-14-27)28-11-4-5-19(28)21(29)25-16(2)17-6-8-18(30-3)9-7-17/h6-10,12-14,16,19H,4-5,11H2,1-3H3,(H,25,29). The van der Waals surface area contributed by atoms with Crippen molar-refractivity contribution >= 4 is 11.7 Å². The van der Waals surface area contributed by atoms with Crippen LogP contribution >= 0.6 is 0 Å². The Hall–Kier alpha value is -3.42. The van der Waals surface area contributed by atoms with Gasteiger partial charge in [-0.05, 0) is 44.4 Å². The van der Waals surface area contributed by atoms with Gasteiger partial charge in [0.1, 0.15) is 23.9 Å². The van der Waals surface area contributed by atoms with Gasteiger partial charge < -0.3 is 15.0 Å². The second-order valence-electron chi connectivity index (χ2n) is 7.49. The number of carbonyl (C=O) groups is 1. The number of anilines is 1. The van der Waals surface area contributed by atoms with Crippen LogP contribution in [0.4, 0.5) is 5.82 Å². The average molecular weight is 406 g/mol. The Kier molecular flexibility index (Phi) is 5.65. The third-order valence-corrected chi connectivity index (χ3v) is 5.39. The van der Waals surface area contributed by atoms with Crippen LogP contribution in [-0.4, -0.2) is 45.1 Å². The molecule has 0 spiro atoms. The number of nitrogens with zero attached hydrogens (tertiary/aromatic N) is 5. The van der Waals surface area contributed by atoms with E-state index in [-0.39, 0.29) is 18.0 Å². The Balaban J connectivity index is 1.51. The molecule has 156 valence electrons. The van der Waals surface area contributed by atoms with E-state index in [1.165, 1.54) is 0 Å². The summed E-state index contributed by atoms with van der Waals surface area (Å²) in [6.07, 6.45) is 6.91. The van der Waals surface area contributed by atoms with E-state index in [0.717, 1.165) is 42.2 Å². The quantitative estimate of drug-likeness (QED) is 0.678. The molecular formula is C22H26N6O2. The highest BCUT2D eigenvalue weighted by Crippen LogP contribution is 2.26. The second-order valence-corrected chi connectivity index (χ2v) is 7.49. The first-order valence-electron chi connectivity index (χ1n) is 10.1. The summed E-state index contributed by atoms with van der Waals surface area (Å²) in [4.78, 5) is 28.4. The van der Waals surface area contributed by atoms with Crippen molar-refractivity contribution in [3.63, 3.8) is 0 Å². The monoisotopic (exact) mass is 406 g/mol. The third kappa shape index (κ3) is 4.12. The molecule has 3 aromatic rings. The summed E-state index contributed by atoms with van der Waals surface area (Å²) in [5.41, 5.74) is 1.88. The maximum Gasteiger partial charge on any atom is 0.243 e. The molecule has 2 aromatic heterocycles. The molecule has 2 atom stereocenters. The van der Waals surface area contributed by atoms with Crippen LogP contribution in [0.3, 0.4) is 0 Å². The van der Waals surface area contributed by atoms with Crippen LogP contribution in [0.2, 0.25) is 0 Å². The topological polar surface area (TPSA) is 85.2 Å². The minimum atomic E-state index is -0.254. The zero-order valence-electron chi connectivity index (χ0n) is 17.4. The molecule has 1 aliphatic rings. The number of hydrogen-bond acceptors (Lipinski definition) is 6. The van der Waals surface area contributed by atoms with Gasteiger partial charge in [-0.2, -0.15) is 4.98 Å². The van der Waals surface area contributed by atoms with Gasteiger partial charge in [0, 0.05) is 30.7 Å². The largest absolute Gasteiger partial charge is 0.497 e. The molecule has 1 N–H and O–H groups in total. The lowest BCUT2D eigenvalue weighted by Gasteiger charge is -2.27. The molecule has 0 bridgehead atoms. The van der Waals surface area contributed by atoms with Gasteiger partial charge in [-0.3, -0.25) is 9.36 Å². The predicted molar refractivity (Wildman–Crippen MR) is 114 cm³/mol. The van der Waals surface area contributed by atoms with Crippen molar-refractivity contribution in [2.24, 2.45) is 0 Å². The number of aromatic nitrogens is 4. The maximum atomic E-state index is 13.1. The number of amides is 1. The average Bonchev–Trinajstić information content (AvgIpc) is 3.45. The number of benzene rings is 1. The summed E-state index contributed by atoms with van der Waals surface area (Å²) in [5, 5.41) is 3.15. The molecule has 8 nitrogen and oxygen atoms in total. The fourth-order valence-electron chi connectivity index (χ4n) is 3.78. The molecule has 30 heavy (non-hydrogen) atoms. The molecule has 0 aliphatic carbocycles. The first kappa shape index (κ1) is 19.9. The van der Waals surface area contributed by atoms with E-state index in [0.29, 0.717) is 5.95 Å². The molecule has 2 unspecified atom stereocenters. The van der Waals surface area contributed by atoms with E-state index in [1.54, 1.807) is 24.2 Å². The molecular weight excluding hydrogens is 380 g/mol. The highest BCUT2D eigenvalue weighted by molar-refractivity contribution is 5.86. The lowest BCUT2D eigenvalue weighted by molar-refractivity contribution is -0.122. The number of carbonyl (C=O) groups excluding carboxylic acids is 1. The Morgan fingerprint density at radius 2 is 2.07 bits per heavy atom. The summed E-state index contributed by atoms with van der Waals surface area (Å²) in [5.74, 6) is 2.13. The number of aryl methyl sites for hydroxylation is 1. The lowest BCUT2D eigenvalue weighted by Crippen LogP contribution is -2.44. The maximum absolute atomic E-state index is 13.1. The van der Waals surface area contributed by atoms with Crippen molar-refractivity contribution in [2.75, 3.05) is 18.6 Å². The molecule has 8 heteroatoms. The second kappa shape index (κ2) is 8.52. The fourth-order valence-corrected chi connectivity index (χ4v) is 3.78. The van der Waals surface area contributed by atoms with Gasteiger partial charge in [-0.1, -0.05) is 12.1 Å². The van der Waals surface area contributed by atoms with Crippen molar-refractivity contribution in [3.8, 4) is 11.7 Å². The van der Waals surface area contributed by atoms with Crippen LogP contribution in [0.25, 0.3) is 5.95 Å². The summed E-state index contributed by atoms with van der Waals surface area (Å²) in [6, 6.07) is 9.33. The van der Waals surface area contributed by atoms with Crippen LogP contribution in [0.5, 0.6) is 5.75 Å². The van der Waals surface area contributed by atoms with Crippen molar-refractivity contribution in [1.29, 1.82) is 0 Å². The van der Waals surface area contributed by atoms with E-state index >= 15 is 0 Å². The van der Waals surface area contributed by atoms with Gasteiger partial charge in [0.05, 0.1) is 13.2 Å². The van der Waals surface area contributed by atoms with E-state index in [1.807, 2.05) is 50.4 Å². The highest BCUT2D eigenvalue weighted by atomic mass is 16.5. The van der Waals surface area contributed by atoms with Crippen molar-refractivity contribution in [3.05, 3.63) is 60.3 Å². The summed E-state index contributed by atoms with van der Waals surface area (Å²) in [6.45, 7) is 4.71. The normalized spacial score (nSPS) is 17.0. The summed E-state index contributed by atoms with van der Waals surface area (Å²) < 4.78 is 6.98. The van der Waals surface area contributed by atoms with Crippen LogP contribution in [0.15, 0.2) is 49.1 Å². The van der Waals surface area contributed by atoms with Crippen LogP contribution < -0.4 is 15.0 Å². The van der Waals surface area contributed by atoms with Crippen LogP contribution in [0, 0.1) is 6.92 Å². The number of rotatable bonds is 6. The Bertz CT molecular complexity index is 1000. The van der Waals surface area contributed by atoms with Gasteiger partial charge in [0.15, 0.2) is 0 Å². The number of ether oxygens (including phenoxy) is 1. The molecule has 4 rings (SSSR count). The Morgan fingerprint density at radius 3 is 2.77 bits per heavy atom. The Morgan fingerprint density at radius 1 is 1.27 bits per heavy atom. The molecule has 1 aromatic carbocycles. The number of imidazole rings is 1. The summed E-state index contributed by atoms with van der Waals surface area (Å²) in [7, 11) is 1.64. The van der Waals surface area contributed by atoms with Gasteiger partial charge >= 0.3 is 0 Å². The van der Waals surface area contributed by atoms with Gasteiger partial charge in [-0.15, -0.1) is 0 Å². The van der Waals surface area contributed by atoms with Crippen molar-refractivity contribution < 1.29 is 9.53 Å². The molecule has 1 amide bonds. The third-order valence-electron chi connectivity index (χ3n) is 5.39. The minimum absolute atomic E-state index is 0.0104. The zero-order valence-corrected chi connectivity index (χ0v) is 17.4. The molecule has 0 saturated carbocycles. The first-order chi connectivity index (χ1) is 14.5. The highest BCUT2D eigenvalue weighted by Gasteiger charge is 2.32. The molecule has 1 fully saturated rings. The van der Waals surface area contributed by atoms with E-state index in [4.69, 9.17) is 9.72 Å². The molecule has 3 heterocycles. The lowest BCUT2D eigenvalue weighted by atomic mass is 10.1. The molecule has 0 radical (unpaired) electrons. The zero-order chi connectivity index (χ0) is 21.1. The number of nitrogens with one attached hydrogen (secondary N) is 1. The number of methoxy groups -OCH3 is 1. The van der Waals surface area contributed by atoms with Crippen molar-refractivity contribution in [1.82, 2.24) is 24.8 Å². The Labute approximate surface area is 175 Å². The fraction of sp³-hybridized carbons (Fsp3) is 0.364. The van der Waals surface area contributed by atoms with Crippen molar-refractivity contribution in [2.45, 2.75) is 38.8 Å². The molecule has 1 aliphatic heterocycles. The van der Waals surface area contributed by atoms with Crippen LogP contribution in [-0.2, 0) is 4.79 Å². The van der Waals surface area contributed by atoms with Gasteiger partial charge in [-0.25, -0.2) is 9.97 Å². The first-order valence-corrected chi connectivity index (χ1v) is 10.1. The summed E-state index contributed by atoms with van der Waals surface area (Å²) >= 11 is 0. The van der Waals surface area contributed by atoms with Crippen LogP contribution in [0.1, 0.15) is 37.1 Å². The van der Waals surface area contributed by atoms with E-state index < -0.39 is 0 Å². The van der Waals surface area contributed by atoms with E-state index in [2.05, 4.69) is 20.2 Å². The number of hydrogen-bond donors (Lipinski definition) is 1. The van der Waals surface area contributed by atoms with Gasteiger partial charge in [0.2, 0.25) is 11.9 Å².